The van der Waals surface area contributed by atoms with E-state index in [0.717, 1.165) is 11.3 Å². The van der Waals surface area contributed by atoms with E-state index in [1.165, 1.54) is 20.6 Å². The molecule has 0 amide bonds. The lowest BCUT2D eigenvalue weighted by Gasteiger charge is -2.07. The first-order valence-electron chi connectivity index (χ1n) is 6.91. The van der Waals surface area contributed by atoms with E-state index in [-0.39, 0.29) is 12.1 Å². The lowest BCUT2D eigenvalue weighted by molar-refractivity contribution is 0.375. The van der Waals surface area contributed by atoms with Gasteiger partial charge in [0.05, 0.1) is 23.5 Å². The van der Waals surface area contributed by atoms with Gasteiger partial charge in [-0.3, -0.25) is 13.9 Å². The number of hydrogen-bond acceptors (Lipinski definition) is 7. The lowest BCUT2D eigenvalue weighted by atomic mass is 10.1. The first kappa shape index (κ1) is 15.3. The average Bonchev–Trinajstić information content (AvgIpc) is 3.08. The smallest absolute Gasteiger partial charge is 0.296 e. The van der Waals surface area contributed by atoms with Crippen LogP contribution >= 0.6 is 11.3 Å². The van der Waals surface area contributed by atoms with Gasteiger partial charge in [0.25, 0.3) is 5.56 Å². The van der Waals surface area contributed by atoms with E-state index in [0.29, 0.717) is 22.1 Å². The number of rotatable bonds is 3. The van der Waals surface area contributed by atoms with E-state index in [1.54, 1.807) is 14.0 Å². The molecule has 0 aliphatic rings. The first-order chi connectivity index (χ1) is 10.9. The highest BCUT2D eigenvalue weighted by molar-refractivity contribution is 7.13. The van der Waals surface area contributed by atoms with Crippen LogP contribution in [-0.2, 0) is 13.6 Å². The molecule has 0 unspecified atom stereocenters. The van der Waals surface area contributed by atoms with E-state index in [4.69, 9.17) is 0 Å². The van der Waals surface area contributed by atoms with Crippen molar-refractivity contribution in [3.8, 4) is 10.6 Å². The monoisotopic (exact) mass is 333 g/mol. The zero-order valence-corrected chi connectivity index (χ0v) is 14.0. The minimum absolute atomic E-state index is 0.188. The Labute approximate surface area is 135 Å². The summed E-state index contributed by atoms with van der Waals surface area (Å²) in [6.07, 6.45) is 0. The molecule has 0 aliphatic heterocycles. The Kier molecular flexibility index (Phi) is 3.72. The minimum Gasteiger partial charge on any atom is -0.296 e. The zero-order chi connectivity index (χ0) is 16.7. The maximum Gasteiger partial charge on any atom is 0.441 e. The Balaban J connectivity index is 2.04. The maximum atomic E-state index is 12.4. The van der Waals surface area contributed by atoms with Crippen LogP contribution in [0.5, 0.6) is 0 Å². The minimum atomic E-state index is -0.524. The lowest BCUT2D eigenvalue weighted by Crippen LogP contribution is -2.23. The molecular weight excluding hydrogens is 318 g/mol. The molecule has 3 heterocycles. The van der Waals surface area contributed by atoms with Crippen molar-refractivity contribution in [1.82, 2.24) is 24.5 Å². The third-order valence-electron chi connectivity index (χ3n) is 3.68. The van der Waals surface area contributed by atoms with Crippen LogP contribution in [-0.4, -0.2) is 24.5 Å². The fourth-order valence-corrected chi connectivity index (χ4v) is 3.17. The Morgan fingerprint density at radius 3 is 2.65 bits per heavy atom. The Bertz CT molecular complexity index is 995. The van der Waals surface area contributed by atoms with Gasteiger partial charge in [0.1, 0.15) is 5.01 Å². The normalized spacial score (nSPS) is 11.1. The molecule has 0 saturated carbocycles. The van der Waals surface area contributed by atoms with Gasteiger partial charge in [-0.2, -0.15) is 5.10 Å². The molecule has 0 atom stereocenters. The van der Waals surface area contributed by atoms with Crippen molar-refractivity contribution in [2.45, 2.75) is 27.3 Å². The average molecular weight is 333 g/mol. The zero-order valence-electron chi connectivity index (χ0n) is 13.2. The topological polar surface area (TPSA) is 95.8 Å². The van der Waals surface area contributed by atoms with Crippen LogP contribution in [0.3, 0.4) is 0 Å². The third-order valence-corrected chi connectivity index (χ3v) is 4.59. The molecule has 3 rings (SSSR count). The molecule has 0 radical (unpaired) electrons. The third kappa shape index (κ3) is 2.63. The molecule has 3 aromatic rings. The second kappa shape index (κ2) is 5.58. The highest BCUT2D eigenvalue weighted by Gasteiger charge is 2.17. The molecule has 9 heteroatoms. The fraction of sp³-hybridized carbons (Fsp3) is 0.357. The van der Waals surface area contributed by atoms with E-state index < -0.39 is 5.76 Å². The summed E-state index contributed by atoms with van der Waals surface area (Å²) in [6.45, 7) is 5.65. The van der Waals surface area contributed by atoms with Crippen LogP contribution in [0.1, 0.15) is 22.8 Å². The molecule has 23 heavy (non-hydrogen) atoms. The predicted octanol–water partition coefficient (Wildman–Crippen LogP) is 1.03. The van der Waals surface area contributed by atoms with Gasteiger partial charge < -0.3 is 0 Å². The summed E-state index contributed by atoms with van der Waals surface area (Å²) in [5, 5.41) is 10.2. The molecule has 0 bridgehead atoms. The molecule has 0 saturated heterocycles. The van der Waals surface area contributed by atoms with Gasteiger partial charge in [0, 0.05) is 12.4 Å². The van der Waals surface area contributed by atoms with Gasteiger partial charge in [-0.1, -0.05) is 5.16 Å². The highest BCUT2D eigenvalue weighted by Crippen LogP contribution is 2.25. The highest BCUT2D eigenvalue weighted by atomic mass is 32.1. The van der Waals surface area contributed by atoms with Crippen LogP contribution in [0.25, 0.3) is 10.6 Å². The van der Waals surface area contributed by atoms with Gasteiger partial charge in [-0.25, -0.2) is 14.5 Å². The largest absolute Gasteiger partial charge is 0.441 e. The summed E-state index contributed by atoms with van der Waals surface area (Å²) in [5.74, 6) is -0.0414. The molecule has 0 N–H and O–H groups in total. The summed E-state index contributed by atoms with van der Waals surface area (Å²) in [4.78, 5) is 28.4. The summed E-state index contributed by atoms with van der Waals surface area (Å²) < 4.78 is 7.30. The van der Waals surface area contributed by atoms with Crippen molar-refractivity contribution >= 4 is 11.3 Å². The first-order valence-corrected chi connectivity index (χ1v) is 7.79. The fourth-order valence-electron chi connectivity index (χ4n) is 2.27. The van der Waals surface area contributed by atoms with E-state index in [9.17, 15) is 9.59 Å². The van der Waals surface area contributed by atoms with Gasteiger partial charge in [-0.15, -0.1) is 11.3 Å². The second-order valence-corrected chi connectivity index (χ2v) is 6.10. The second-order valence-electron chi connectivity index (χ2n) is 5.24. The van der Waals surface area contributed by atoms with Crippen LogP contribution in [0.4, 0.5) is 0 Å². The molecule has 0 spiro atoms. The number of aromatic nitrogens is 5. The molecular formula is C14H15N5O3S. The van der Waals surface area contributed by atoms with Crippen LogP contribution in [0.2, 0.25) is 0 Å². The maximum absolute atomic E-state index is 12.4. The Morgan fingerprint density at radius 2 is 2.00 bits per heavy atom. The summed E-state index contributed by atoms with van der Waals surface area (Å²) in [7, 11) is 1.62. The van der Waals surface area contributed by atoms with E-state index in [1.807, 2.05) is 19.2 Å². The van der Waals surface area contributed by atoms with Crippen molar-refractivity contribution in [3.05, 3.63) is 49.1 Å². The predicted molar refractivity (Wildman–Crippen MR) is 84.7 cm³/mol. The summed E-state index contributed by atoms with van der Waals surface area (Å²) in [5.41, 5.74) is 2.63. The van der Waals surface area contributed by atoms with Crippen molar-refractivity contribution < 1.29 is 4.52 Å². The Morgan fingerprint density at radius 1 is 1.26 bits per heavy atom. The standard InChI is InChI=1S/C14H15N5O3S/c1-7-8(2)16-18(4)13(20)11(7)12-15-10(6-23-12)5-19-9(3)17-22-14(19)21/h6H,5H2,1-4H3. The number of hydrogen-bond donors (Lipinski definition) is 0. The number of aryl methyl sites for hydroxylation is 3. The Hall–Kier alpha value is -2.55. The quantitative estimate of drug-likeness (QED) is 0.710. The van der Waals surface area contributed by atoms with E-state index >= 15 is 0 Å². The van der Waals surface area contributed by atoms with Gasteiger partial charge >= 0.3 is 5.76 Å². The molecule has 8 nitrogen and oxygen atoms in total. The molecule has 0 aliphatic carbocycles. The number of thiazole rings is 1. The SMILES string of the molecule is Cc1nn(C)c(=O)c(-c2nc(Cn3c(C)noc3=O)cs2)c1C. The van der Waals surface area contributed by atoms with Crippen molar-refractivity contribution in [2.24, 2.45) is 7.05 Å². The molecule has 120 valence electrons. The number of nitrogens with zero attached hydrogens (tertiary/aromatic N) is 5. The van der Waals surface area contributed by atoms with Crippen LogP contribution < -0.4 is 11.3 Å². The molecule has 0 aromatic carbocycles. The van der Waals surface area contributed by atoms with Crippen molar-refractivity contribution in [3.63, 3.8) is 0 Å². The van der Waals surface area contributed by atoms with Gasteiger partial charge in [0.15, 0.2) is 5.82 Å². The summed E-state index contributed by atoms with van der Waals surface area (Å²) >= 11 is 1.36. The van der Waals surface area contributed by atoms with Crippen LogP contribution in [0.15, 0.2) is 19.5 Å². The van der Waals surface area contributed by atoms with Crippen molar-refractivity contribution in [2.75, 3.05) is 0 Å². The van der Waals surface area contributed by atoms with Crippen molar-refractivity contribution in [1.29, 1.82) is 0 Å². The molecule has 3 aromatic heterocycles. The van der Waals surface area contributed by atoms with Gasteiger partial charge in [0.2, 0.25) is 0 Å². The molecule has 0 fully saturated rings. The van der Waals surface area contributed by atoms with Crippen LogP contribution in [0, 0.1) is 20.8 Å². The summed E-state index contributed by atoms with van der Waals surface area (Å²) in [6, 6.07) is 0. The van der Waals surface area contributed by atoms with Gasteiger partial charge in [-0.05, 0) is 26.3 Å². The van der Waals surface area contributed by atoms with E-state index in [2.05, 4.69) is 19.8 Å².